The van der Waals surface area contributed by atoms with Crippen LogP contribution in [0.1, 0.15) is 35.5 Å². The van der Waals surface area contributed by atoms with E-state index in [1.165, 1.54) is 0 Å². The van der Waals surface area contributed by atoms with Gasteiger partial charge in [0.15, 0.2) is 17.3 Å². The number of aliphatic hydroxyl groups excluding tert-OH is 1. The van der Waals surface area contributed by atoms with Gasteiger partial charge in [0.25, 0.3) is 0 Å². The zero-order valence-electron chi connectivity index (χ0n) is 17.2. The van der Waals surface area contributed by atoms with Crippen LogP contribution >= 0.6 is 0 Å². The molecule has 0 spiro atoms. The zero-order valence-corrected chi connectivity index (χ0v) is 17.2. The highest BCUT2D eigenvalue weighted by Crippen LogP contribution is 2.33. The molecule has 1 unspecified atom stereocenters. The molecule has 1 atom stereocenters. The normalized spacial score (nSPS) is 13.6. The first kappa shape index (κ1) is 20.2. The summed E-state index contributed by atoms with van der Waals surface area (Å²) in [6, 6.07) is 17.6. The molecule has 2 aromatic carbocycles. The second-order valence-electron chi connectivity index (χ2n) is 7.68. The Morgan fingerprint density at radius 3 is 2.60 bits per heavy atom. The van der Waals surface area contributed by atoms with E-state index >= 15 is 0 Å². The number of hydrogen-bond acceptors (Lipinski definition) is 5. The minimum atomic E-state index is -0.447. The second kappa shape index (κ2) is 8.73. The lowest BCUT2D eigenvalue weighted by molar-refractivity contribution is 0.101. The van der Waals surface area contributed by atoms with Gasteiger partial charge >= 0.3 is 0 Å². The van der Waals surface area contributed by atoms with Crippen LogP contribution < -0.4 is 9.47 Å². The van der Waals surface area contributed by atoms with Gasteiger partial charge in [-0.3, -0.25) is 9.69 Å². The van der Waals surface area contributed by atoms with Crippen molar-refractivity contribution in [2.75, 3.05) is 13.3 Å². The summed E-state index contributed by atoms with van der Waals surface area (Å²) >= 11 is 0. The number of hydrogen-bond donors (Lipinski definition) is 1. The Labute approximate surface area is 176 Å². The SMILES string of the molecule is CC(=O)c1ccc(-n2cccc2CN(Cc2ccc3c(c2)OCO3)CC(C)O)cc1. The molecule has 3 aromatic rings. The van der Waals surface area contributed by atoms with E-state index in [0.29, 0.717) is 25.2 Å². The monoisotopic (exact) mass is 406 g/mol. The van der Waals surface area contributed by atoms with Crippen LogP contribution in [-0.2, 0) is 13.1 Å². The van der Waals surface area contributed by atoms with Gasteiger partial charge in [-0.15, -0.1) is 0 Å². The molecule has 4 rings (SSSR count). The van der Waals surface area contributed by atoms with Gasteiger partial charge in [0.2, 0.25) is 6.79 Å². The fourth-order valence-electron chi connectivity index (χ4n) is 3.74. The predicted octanol–water partition coefficient (Wildman–Crippen LogP) is 3.79. The van der Waals surface area contributed by atoms with Crippen LogP contribution in [0.15, 0.2) is 60.8 Å². The molecule has 30 heavy (non-hydrogen) atoms. The van der Waals surface area contributed by atoms with Crippen molar-refractivity contribution in [1.29, 1.82) is 0 Å². The number of ether oxygens (including phenoxy) is 2. The Morgan fingerprint density at radius 2 is 1.87 bits per heavy atom. The summed E-state index contributed by atoms with van der Waals surface area (Å²) in [5.41, 5.74) is 3.90. The number of carbonyl (C=O) groups excluding carboxylic acids is 1. The Hall–Kier alpha value is -3.09. The van der Waals surface area contributed by atoms with E-state index in [0.717, 1.165) is 28.4 Å². The number of ketones is 1. The van der Waals surface area contributed by atoms with Crippen LogP contribution in [0, 0.1) is 0 Å². The molecule has 1 aliphatic heterocycles. The van der Waals surface area contributed by atoms with Gasteiger partial charge in [0.1, 0.15) is 0 Å². The lowest BCUT2D eigenvalue weighted by Crippen LogP contribution is -2.31. The van der Waals surface area contributed by atoms with Gasteiger partial charge in [-0.2, -0.15) is 0 Å². The second-order valence-corrected chi connectivity index (χ2v) is 7.68. The Morgan fingerprint density at radius 1 is 1.10 bits per heavy atom. The highest BCUT2D eigenvalue weighted by atomic mass is 16.7. The van der Waals surface area contributed by atoms with Crippen molar-refractivity contribution in [2.24, 2.45) is 0 Å². The number of fused-ring (bicyclic) bond motifs is 1. The minimum absolute atomic E-state index is 0.0566. The molecule has 0 amide bonds. The molecular formula is C24H26N2O4. The van der Waals surface area contributed by atoms with Gasteiger partial charge in [0.05, 0.1) is 6.10 Å². The molecule has 0 saturated heterocycles. The standard InChI is InChI=1S/C24H26N2O4/c1-17(27)13-25(14-19-5-10-23-24(12-19)30-16-29-23)15-22-4-3-11-26(22)21-8-6-20(7-9-21)18(2)28/h3-12,17,27H,13-16H2,1-2H3. The number of nitrogens with zero attached hydrogens (tertiary/aromatic N) is 2. The molecule has 0 fully saturated rings. The molecular weight excluding hydrogens is 380 g/mol. The van der Waals surface area contributed by atoms with Crippen molar-refractivity contribution in [3.63, 3.8) is 0 Å². The fraction of sp³-hybridized carbons (Fsp3) is 0.292. The molecule has 0 bridgehead atoms. The Kier molecular flexibility index (Phi) is 5.88. The molecule has 2 heterocycles. The molecule has 0 radical (unpaired) electrons. The Balaban J connectivity index is 1.54. The first-order chi connectivity index (χ1) is 14.5. The predicted molar refractivity (Wildman–Crippen MR) is 114 cm³/mol. The lowest BCUT2D eigenvalue weighted by Gasteiger charge is -2.25. The number of rotatable bonds is 8. The lowest BCUT2D eigenvalue weighted by atomic mass is 10.1. The van der Waals surface area contributed by atoms with Crippen molar-refractivity contribution in [3.05, 3.63) is 77.6 Å². The van der Waals surface area contributed by atoms with Gasteiger partial charge in [-0.25, -0.2) is 0 Å². The maximum absolute atomic E-state index is 11.5. The van der Waals surface area contributed by atoms with Gasteiger partial charge in [-0.05, 0) is 67.9 Å². The van der Waals surface area contributed by atoms with Crippen molar-refractivity contribution in [3.8, 4) is 17.2 Å². The summed E-state index contributed by atoms with van der Waals surface area (Å²) in [7, 11) is 0. The average molecular weight is 406 g/mol. The molecule has 1 aromatic heterocycles. The molecule has 156 valence electrons. The third-order valence-corrected chi connectivity index (χ3v) is 5.14. The molecule has 0 saturated carbocycles. The van der Waals surface area contributed by atoms with Crippen LogP contribution in [0.4, 0.5) is 0 Å². The average Bonchev–Trinajstić information content (AvgIpc) is 3.36. The largest absolute Gasteiger partial charge is 0.454 e. The van der Waals surface area contributed by atoms with E-state index in [1.807, 2.05) is 54.7 Å². The van der Waals surface area contributed by atoms with Crippen molar-refractivity contribution >= 4 is 5.78 Å². The highest BCUT2D eigenvalue weighted by Gasteiger charge is 2.17. The number of carbonyl (C=O) groups is 1. The van der Waals surface area contributed by atoms with Crippen molar-refractivity contribution < 1.29 is 19.4 Å². The van der Waals surface area contributed by atoms with Gasteiger partial charge in [-0.1, -0.05) is 6.07 Å². The van der Waals surface area contributed by atoms with Crippen molar-refractivity contribution in [1.82, 2.24) is 9.47 Å². The number of benzene rings is 2. The van der Waals surface area contributed by atoms with E-state index in [4.69, 9.17) is 9.47 Å². The van der Waals surface area contributed by atoms with E-state index in [2.05, 4.69) is 15.5 Å². The number of aliphatic hydroxyl groups is 1. The first-order valence-corrected chi connectivity index (χ1v) is 10.1. The van der Waals surface area contributed by atoms with Gasteiger partial charge in [0, 0.05) is 42.8 Å². The molecule has 0 aliphatic carbocycles. The maximum Gasteiger partial charge on any atom is 0.231 e. The molecule has 6 nitrogen and oxygen atoms in total. The summed E-state index contributed by atoms with van der Waals surface area (Å²) in [6.07, 6.45) is 1.57. The van der Waals surface area contributed by atoms with E-state index in [1.54, 1.807) is 13.8 Å². The molecule has 1 N–H and O–H groups in total. The minimum Gasteiger partial charge on any atom is -0.454 e. The summed E-state index contributed by atoms with van der Waals surface area (Å²) in [5.74, 6) is 1.59. The smallest absolute Gasteiger partial charge is 0.231 e. The summed E-state index contributed by atoms with van der Waals surface area (Å²) < 4.78 is 13.0. The third kappa shape index (κ3) is 4.56. The van der Waals surface area contributed by atoms with E-state index < -0.39 is 6.10 Å². The van der Waals surface area contributed by atoms with Crippen LogP contribution in [-0.4, -0.2) is 39.8 Å². The van der Waals surface area contributed by atoms with Crippen LogP contribution in [0.2, 0.25) is 0 Å². The van der Waals surface area contributed by atoms with E-state index in [9.17, 15) is 9.90 Å². The summed E-state index contributed by atoms with van der Waals surface area (Å²) in [4.78, 5) is 13.8. The summed E-state index contributed by atoms with van der Waals surface area (Å²) in [5, 5.41) is 10.0. The Bertz CT molecular complexity index is 1020. The van der Waals surface area contributed by atoms with Crippen LogP contribution in [0.3, 0.4) is 0 Å². The van der Waals surface area contributed by atoms with Crippen LogP contribution in [0.25, 0.3) is 5.69 Å². The highest BCUT2D eigenvalue weighted by molar-refractivity contribution is 5.94. The third-order valence-electron chi connectivity index (χ3n) is 5.14. The van der Waals surface area contributed by atoms with Crippen molar-refractivity contribution in [2.45, 2.75) is 33.0 Å². The zero-order chi connectivity index (χ0) is 21.1. The summed E-state index contributed by atoms with van der Waals surface area (Å²) in [6.45, 7) is 5.51. The quantitative estimate of drug-likeness (QED) is 0.577. The van der Waals surface area contributed by atoms with E-state index in [-0.39, 0.29) is 12.6 Å². The van der Waals surface area contributed by atoms with Crippen LogP contribution in [0.5, 0.6) is 11.5 Å². The first-order valence-electron chi connectivity index (χ1n) is 10.1. The fourth-order valence-corrected chi connectivity index (χ4v) is 3.74. The maximum atomic E-state index is 11.5. The van der Waals surface area contributed by atoms with Gasteiger partial charge < -0.3 is 19.1 Å². The number of Topliss-reactive ketones (excluding diaryl/α,β-unsaturated/α-hetero) is 1. The molecule has 6 heteroatoms. The number of aromatic nitrogens is 1. The topological polar surface area (TPSA) is 63.9 Å². The molecule has 1 aliphatic rings.